The highest BCUT2D eigenvalue weighted by atomic mass is 19.4. The molecule has 0 atom stereocenters. The molecular weight excluding hydrogens is 279 g/mol. The van der Waals surface area contributed by atoms with Gasteiger partial charge in [-0.05, 0) is 31.0 Å². The first-order valence-corrected chi connectivity index (χ1v) is 7.01. The Morgan fingerprint density at radius 2 is 1.95 bits per heavy atom. The summed E-state index contributed by atoms with van der Waals surface area (Å²) < 4.78 is 40.1. The van der Waals surface area contributed by atoms with E-state index in [1.54, 1.807) is 23.0 Å². The van der Waals surface area contributed by atoms with Gasteiger partial charge in [-0.25, -0.2) is 4.98 Å². The molecule has 0 saturated heterocycles. The molecule has 3 rings (SSSR count). The van der Waals surface area contributed by atoms with Gasteiger partial charge in [-0.3, -0.25) is 4.57 Å². The van der Waals surface area contributed by atoms with Crippen LogP contribution in [-0.4, -0.2) is 15.6 Å². The van der Waals surface area contributed by atoms with Gasteiger partial charge < -0.3 is 5.32 Å². The van der Waals surface area contributed by atoms with E-state index >= 15 is 0 Å². The van der Waals surface area contributed by atoms with Gasteiger partial charge in [-0.1, -0.05) is 18.9 Å². The van der Waals surface area contributed by atoms with Gasteiger partial charge in [0.25, 0.3) is 0 Å². The fourth-order valence-electron chi connectivity index (χ4n) is 2.70. The summed E-state index contributed by atoms with van der Waals surface area (Å²) in [5.41, 5.74) is -0.191. The number of benzene rings is 1. The first kappa shape index (κ1) is 14.0. The predicted molar refractivity (Wildman–Crippen MR) is 74.4 cm³/mol. The third-order valence-electron chi connectivity index (χ3n) is 3.78. The number of nitrogens with one attached hydrogen (secondary N) is 1. The van der Waals surface area contributed by atoms with Crippen molar-refractivity contribution < 1.29 is 13.2 Å². The van der Waals surface area contributed by atoms with Crippen LogP contribution in [0.2, 0.25) is 0 Å². The van der Waals surface area contributed by atoms with Crippen LogP contribution in [0.5, 0.6) is 0 Å². The smallest absolute Gasteiger partial charge is 0.353 e. The molecule has 2 aromatic rings. The molecule has 21 heavy (non-hydrogen) atoms. The monoisotopic (exact) mass is 295 g/mol. The van der Waals surface area contributed by atoms with Crippen LogP contribution in [-0.2, 0) is 6.18 Å². The van der Waals surface area contributed by atoms with Gasteiger partial charge in [0, 0.05) is 24.1 Å². The zero-order chi connectivity index (χ0) is 14.9. The average molecular weight is 295 g/mol. The van der Waals surface area contributed by atoms with Gasteiger partial charge >= 0.3 is 6.18 Å². The van der Waals surface area contributed by atoms with Crippen LogP contribution in [0.4, 0.5) is 19.1 Å². The number of nitrogens with zero attached hydrogens (tertiary/aromatic N) is 2. The molecular formula is C15H16F3N3. The molecule has 1 N–H and O–H groups in total. The maximum Gasteiger partial charge on any atom is 0.416 e. The topological polar surface area (TPSA) is 29.9 Å². The van der Waals surface area contributed by atoms with Gasteiger partial charge in [-0.15, -0.1) is 0 Å². The lowest BCUT2D eigenvalue weighted by Gasteiger charge is -2.15. The molecule has 0 unspecified atom stereocenters. The van der Waals surface area contributed by atoms with Gasteiger partial charge in [0.1, 0.15) is 0 Å². The molecule has 1 aliphatic rings. The normalized spacial score (nSPS) is 16.3. The number of imidazole rings is 1. The fraction of sp³-hybridized carbons (Fsp3) is 0.400. The van der Waals surface area contributed by atoms with Crippen molar-refractivity contribution in [2.45, 2.75) is 37.9 Å². The van der Waals surface area contributed by atoms with Crippen LogP contribution in [0.25, 0.3) is 5.69 Å². The maximum absolute atomic E-state index is 12.8. The lowest BCUT2D eigenvalue weighted by Crippen LogP contribution is -2.17. The van der Waals surface area contributed by atoms with E-state index in [9.17, 15) is 13.2 Å². The first-order valence-electron chi connectivity index (χ1n) is 7.01. The van der Waals surface area contributed by atoms with E-state index in [2.05, 4.69) is 10.3 Å². The molecule has 1 saturated carbocycles. The number of rotatable bonds is 3. The van der Waals surface area contributed by atoms with Crippen molar-refractivity contribution in [1.29, 1.82) is 0 Å². The van der Waals surface area contributed by atoms with Crippen molar-refractivity contribution in [2.24, 2.45) is 0 Å². The lowest BCUT2D eigenvalue weighted by molar-refractivity contribution is -0.137. The molecule has 3 nitrogen and oxygen atoms in total. The fourth-order valence-corrected chi connectivity index (χ4v) is 2.70. The second-order valence-electron chi connectivity index (χ2n) is 5.29. The van der Waals surface area contributed by atoms with E-state index < -0.39 is 11.7 Å². The minimum absolute atomic E-state index is 0.358. The van der Waals surface area contributed by atoms with E-state index in [-0.39, 0.29) is 0 Å². The summed E-state index contributed by atoms with van der Waals surface area (Å²) in [5, 5.41) is 3.32. The minimum atomic E-state index is -4.34. The summed E-state index contributed by atoms with van der Waals surface area (Å²) in [4.78, 5) is 4.22. The highest BCUT2D eigenvalue weighted by Crippen LogP contribution is 2.31. The molecule has 1 fully saturated rings. The molecule has 0 bridgehead atoms. The van der Waals surface area contributed by atoms with Crippen LogP contribution >= 0.6 is 0 Å². The van der Waals surface area contributed by atoms with E-state index in [1.165, 1.54) is 18.9 Å². The summed E-state index contributed by atoms with van der Waals surface area (Å²) in [6.45, 7) is 0. The van der Waals surface area contributed by atoms with E-state index in [0.29, 0.717) is 17.7 Å². The Labute approximate surface area is 120 Å². The standard InChI is InChI=1S/C15H16F3N3/c16-15(17,18)11-4-3-7-13(10-11)21-9-8-19-14(21)20-12-5-1-2-6-12/h3-4,7-10,12H,1-2,5-6H2,(H,19,20). The van der Waals surface area contributed by atoms with Gasteiger partial charge in [0.05, 0.1) is 5.56 Å². The Morgan fingerprint density at radius 1 is 1.19 bits per heavy atom. The van der Waals surface area contributed by atoms with Crippen molar-refractivity contribution in [3.8, 4) is 5.69 Å². The maximum atomic E-state index is 12.8. The SMILES string of the molecule is FC(F)(F)c1cccc(-n2ccnc2NC2CCCC2)c1. The molecule has 0 amide bonds. The van der Waals surface area contributed by atoms with Crippen LogP contribution in [0, 0.1) is 0 Å². The van der Waals surface area contributed by atoms with Crippen molar-refractivity contribution in [3.63, 3.8) is 0 Å². The van der Waals surface area contributed by atoms with E-state index in [0.717, 1.165) is 25.0 Å². The molecule has 0 spiro atoms. The second-order valence-corrected chi connectivity index (χ2v) is 5.29. The van der Waals surface area contributed by atoms with Crippen molar-refractivity contribution >= 4 is 5.95 Å². The Bertz CT molecular complexity index is 613. The summed E-state index contributed by atoms with van der Waals surface area (Å²) >= 11 is 0. The second kappa shape index (κ2) is 5.42. The first-order chi connectivity index (χ1) is 10.0. The molecule has 0 aliphatic heterocycles. The van der Waals surface area contributed by atoms with Crippen molar-refractivity contribution in [3.05, 3.63) is 42.2 Å². The molecule has 1 heterocycles. The molecule has 0 radical (unpaired) electrons. The van der Waals surface area contributed by atoms with Crippen molar-refractivity contribution in [2.75, 3.05) is 5.32 Å². The summed E-state index contributed by atoms with van der Waals surface area (Å²) in [6.07, 6.45) is 3.45. The predicted octanol–water partition coefficient (Wildman–Crippen LogP) is 4.25. The number of hydrogen-bond acceptors (Lipinski definition) is 2. The summed E-state index contributed by atoms with van der Waals surface area (Å²) in [7, 11) is 0. The average Bonchev–Trinajstić information content (AvgIpc) is 3.10. The highest BCUT2D eigenvalue weighted by molar-refractivity contribution is 5.44. The van der Waals surface area contributed by atoms with Gasteiger partial charge in [0.15, 0.2) is 0 Å². The zero-order valence-electron chi connectivity index (χ0n) is 11.4. The third kappa shape index (κ3) is 3.04. The Morgan fingerprint density at radius 3 is 2.67 bits per heavy atom. The quantitative estimate of drug-likeness (QED) is 0.917. The third-order valence-corrected chi connectivity index (χ3v) is 3.78. The highest BCUT2D eigenvalue weighted by Gasteiger charge is 2.30. The number of halogens is 3. The summed E-state index contributed by atoms with van der Waals surface area (Å²) in [5.74, 6) is 0.598. The Hall–Kier alpha value is -1.98. The molecule has 6 heteroatoms. The van der Waals surface area contributed by atoms with E-state index in [4.69, 9.17) is 0 Å². The number of anilines is 1. The Balaban J connectivity index is 1.88. The molecule has 112 valence electrons. The van der Waals surface area contributed by atoms with Crippen LogP contribution in [0.3, 0.4) is 0 Å². The Kier molecular flexibility index (Phi) is 3.61. The number of aromatic nitrogens is 2. The van der Waals surface area contributed by atoms with E-state index in [1.807, 2.05) is 0 Å². The van der Waals surface area contributed by atoms with Crippen LogP contribution in [0.1, 0.15) is 31.2 Å². The number of alkyl halides is 3. The zero-order valence-corrected chi connectivity index (χ0v) is 11.4. The van der Waals surface area contributed by atoms with Crippen LogP contribution < -0.4 is 5.32 Å². The molecule has 1 aromatic carbocycles. The number of hydrogen-bond donors (Lipinski definition) is 1. The van der Waals surface area contributed by atoms with Gasteiger partial charge in [-0.2, -0.15) is 13.2 Å². The molecule has 1 aromatic heterocycles. The summed E-state index contributed by atoms with van der Waals surface area (Å²) in [6, 6.07) is 5.64. The minimum Gasteiger partial charge on any atom is -0.353 e. The van der Waals surface area contributed by atoms with Gasteiger partial charge in [0.2, 0.25) is 5.95 Å². The lowest BCUT2D eigenvalue weighted by atomic mass is 10.2. The molecule has 1 aliphatic carbocycles. The largest absolute Gasteiger partial charge is 0.416 e. The van der Waals surface area contributed by atoms with Crippen molar-refractivity contribution in [1.82, 2.24) is 9.55 Å². The van der Waals surface area contributed by atoms with Crippen LogP contribution in [0.15, 0.2) is 36.7 Å².